The molecule has 0 aliphatic carbocycles. The van der Waals surface area contributed by atoms with Gasteiger partial charge < -0.3 is 10.5 Å². The molecule has 0 bridgehead atoms. The molecule has 6 nitrogen and oxygen atoms in total. The highest BCUT2D eigenvalue weighted by Gasteiger charge is 2.37. The van der Waals surface area contributed by atoms with E-state index >= 15 is 0 Å². The van der Waals surface area contributed by atoms with Crippen molar-refractivity contribution in [3.63, 3.8) is 0 Å². The molecule has 0 saturated heterocycles. The normalized spacial score (nSPS) is 15.7. The summed E-state index contributed by atoms with van der Waals surface area (Å²) < 4.78 is 36.8. The Bertz CT molecular complexity index is 1640. The Balaban J connectivity index is 2.14. The van der Waals surface area contributed by atoms with Crippen molar-refractivity contribution >= 4 is 66.6 Å². The maximum absolute atomic E-state index is 15.0. The Hall–Kier alpha value is -3.07. The van der Waals surface area contributed by atoms with Crippen molar-refractivity contribution < 1.29 is 18.3 Å². The first-order chi connectivity index (χ1) is 16.7. The number of allylic oxidation sites excluding steroid dienone is 1. The molecule has 1 aromatic heterocycles. The van der Waals surface area contributed by atoms with Crippen LogP contribution >= 0.6 is 43.2 Å². The van der Waals surface area contributed by atoms with Gasteiger partial charge in [-0.1, -0.05) is 31.9 Å². The molecule has 11 heteroatoms. The van der Waals surface area contributed by atoms with Gasteiger partial charge in [0.05, 0.1) is 34.3 Å². The summed E-state index contributed by atoms with van der Waals surface area (Å²) in [7, 11) is 0. The fraction of sp³-hybridized carbons (Fsp3) is 0.125. The van der Waals surface area contributed by atoms with Crippen LogP contribution in [0, 0.1) is 23.0 Å². The lowest BCUT2D eigenvalue weighted by molar-refractivity contribution is -0.136. The number of rotatable bonds is 4. The van der Waals surface area contributed by atoms with Gasteiger partial charge >= 0.3 is 5.97 Å². The number of ether oxygens (including phenoxy) is 1. The molecule has 1 aliphatic rings. The van der Waals surface area contributed by atoms with Crippen molar-refractivity contribution in [2.45, 2.75) is 12.8 Å². The number of hydrogen-bond acceptors (Lipinski definition) is 6. The van der Waals surface area contributed by atoms with Gasteiger partial charge in [-0.05, 0) is 49.4 Å². The predicted octanol–water partition coefficient (Wildman–Crippen LogP) is 3.70. The van der Waals surface area contributed by atoms with E-state index in [0.717, 1.165) is 15.9 Å². The molecule has 178 valence electrons. The van der Waals surface area contributed by atoms with Crippen LogP contribution in [0.25, 0.3) is 17.5 Å². The number of esters is 1. The first kappa shape index (κ1) is 25.0. The van der Waals surface area contributed by atoms with Gasteiger partial charge in [0, 0.05) is 20.1 Å². The maximum atomic E-state index is 15.0. The number of hydrogen-bond donors (Lipinski definition) is 1. The summed E-state index contributed by atoms with van der Waals surface area (Å²) in [6, 6.07) is 10.3. The monoisotopic (exact) mass is 621 g/mol. The summed E-state index contributed by atoms with van der Waals surface area (Å²) in [5, 5.41) is 9.95. The summed E-state index contributed by atoms with van der Waals surface area (Å²) >= 11 is 7.43. The number of nitrogens with two attached hydrogens (primary N) is 1. The van der Waals surface area contributed by atoms with E-state index < -0.39 is 29.1 Å². The SMILES string of the molecule is CCOC(=O)C1=c2s/c(=C/c3cc(Br)ccc3F)c(=O)n2C(N)=C(C#N)[C@H]1c1cc(Br)ccc1F. The second kappa shape index (κ2) is 9.89. The molecule has 35 heavy (non-hydrogen) atoms. The Kier molecular flexibility index (Phi) is 7.07. The molecule has 0 amide bonds. The van der Waals surface area contributed by atoms with E-state index in [2.05, 4.69) is 31.9 Å². The van der Waals surface area contributed by atoms with Crippen LogP contribution in [0.15, 0.2) is 55.7 Å². The summed E-state index contributed by atoms with van der Waals surface area (Å²) in [5.74, 6) is -3.52. The summed E-state index contributed by atoms with van der Waals surface area (Å²) in [4.78, 5) is 26.4. The van der Waals surface area contributed by atoms with Crippen LogP contribution in [-0.4, -0.2) is 17.1 Å². The lowest BCUT2D eigenvalue weighted by Gasteiger charge is -2.25. The van der Waals surface area contributed by atoms with Gasteiger partial charge in [-0.3, -0.25) is 9.36 Å². The van der Waals surface area contributed by atoms with Crippen LogP contribution in [0.1, 0.15) is 24.0 Å². The zero-order valence-electron chi connectivity index (χ0n) is 17.9. The molecule has 0 radical (unpaired) electrons. The number of carbonyl (C=O) groups is 1. The smallest absolute Gasteiger partial charge is 0.338 e. The van der Waals surface area contributed by atoms with E-state index in [-0.39, 0.29) is 43.9 Å². The predicted molar refractivity (Wildman–Crippen MR) is 135 cm³/mol. The van der Waals surface area contributed by atoms with Gasteiger partial charge in [-0.15, -0.1) is 11.3 Å². The first-order valence-corrected chi connectivity index (χ1v) is 12.5. The molecule has 2 N–H and O–H groups in total. The van der Waals surface area contributed by atoms with Crippen molar-refractivity contribution in [2.75, 3.05) is 6.61 Å². The minimum Gasteiger partial charge on any atom is -0.463 e. The molecule has 2 aromatic carbocycles. The average molecular weight is 623 g/mol. The lowest BCUT2D eigenvalue weighted by atomic mass is 9.83. The van der Waals surface area contributed by atoms with Crippen molar-refractivity contribution in [1.29, 1.82) is 5.26 Å². The van der Waals surface area contributed by atoms with E-state index in [1.165, 1.54) is 42.5 Å². The third-order valence-electron chi connectivity index (χ3n) is 5.28. The van der Waals surface area contributed by atoms with Gasteiger partial charge in [0.25, 0.3) is 5.56 Å². The van der Waals surface area contributed by atoms with Crippen molar-refractivity contribution in [2.24, 2.45) is 5.73 Å². The highest BCUT2D eigenvalue weighted by Crippen LogP contribution is 2.38. The van der Waals surface area contributed by atoms with Gasteiger partial charge in [0.15, 0.2) is 0 Å². The van der Waals surface area contributed by atoms with Gasteiger partial charge in [0.2, 0.25) is 0 Å². The zero-order chi connectivity index (χ0) is 25.4. The molecule has 1 atom stereocenters. The summed E-state index contributed by atoms with van der Waals surface area (Å²) in [5.41, 5.74) is 5.45. The third-order valence-corrected chi connectivity index (χ3v) is 7.37. The fourth-order valence-corrected chi connectivity index (χ4v) is 5.68. The number of nitrogens with zero attached hydrogens (tertiary/aromatic N) is 2. The standard InChI is InChI=1S/C24H15Br2F2N3O3S/c1-2-34-24(33)20-19(14-9-13(26)4-6-17(14)28)15(10-29)21(30)31-22(32)18(35-23(20)31)8-11-7-12(25)3-5-16(11)27/h3-9,19H,2,30H2,1H3/b18-8+/t19-/m1/s1. The number of aromatic nitrogens is 1. The molecule has 3 aromatic rings. The number of thiazole rings is 1. The number of halogens is 4. The topological polar surface area (TPSA) is 98.1 Å². The third kappa shape index (κ3) is 4.49. The largest absolute Gasteiger partial charge is 0.463 e. The van der Waals surface area contributed by atoms with Crippen LogP contribution in [0.3, 0.4) is 0 Å². The molecule has 2 heterocycles. The van der Waals surface area contributed by atoms with Crippen LogP contribution in [-0.2, 0) is 9.53 Å². The Morgan fingerprint density at radius 3 is 2.54 bits per heavy atom. The fourth-order valence-electron chi connectivity index (χ4n) is 3.77. The Morgan fingerprint density at radius 1 is 1.23 bits per heavy atom. The van der Waals surface area contributed by atoms with Crippen LogP contribution in [0.5, 0.6) is 0 Å². The van der Waals surface area contributed by atoms with E-state index in [9.17, 15) is 23.6 Å². The minimum atomic E-state index is -1.22. The van der Waals surface area contributed by atoms with Crippen LogP contribution in [0.4, 0.5) is 8.78 Å². The number of nitriles is 1. The average Bonchev–Trinajstić information content (AvgIpc) is 3.13. The molecular weight excluding hydrogens is 608 g/mol. The van der Waals surface area contributed by atoms with E-state index in [4.69, 9.17) is 10.5 Å². The van der Waals surface area contributed by atoms with Crippen molar-refractivity contribution in [3.05, 3.63) is 93.2 Å². The van der Waals surface area contributed by atoms with E-state index in [0.29, 0.717) is 8.95 Å². The molecular formula is C24H15Br2F2N3O3S. The van der Waals surface area contributed by atoms with Crippen LogP contribution in [0.2, 0.25) is 0 Å². The van der Waals surface area contributed by atoms with Crippen LogP contribution < -0.4 is 20.5 Å². The van der Waals surface area contributed by atoms with E-state index in [1.54, 1.807) is 6.92 Å². The second-order valence-electron chi connectivity index (χ2n) is 7.37. The molecule has 0 unspecified atom stereocenters. The van der Waals surface area contributed by atoms with E-state index in [1.807, 2.05) is 6.07 Å². The molecule has 0 spiro atoms. The van der Waals surface area contributed by atoms with Gasteiger partial charge in [-0.2, -0.15) is 5.26 Å². The van der Waals surface area contributed by atoms with Gasteiger partial charge in [-0.25, -0.2) is 13.6 Å². The molecule has 1 aliphatic heterocycles. The molecule has 0 saturated carbocycles. The Labute approximate surface area is 218 Å². The Morgan fingerprint density at radius 2 is 1.89 bits per heavy atom. The second-order valence-corrected chi connectivity index (χ2v) is 10.2. The molecule has 0 fully saturated rings. The molecule has 4 rings (SSSR count). The zero-order valence-corrected chi connectivity index (χ0v) is 21.9. The lowest BCUT2D eigenvalue weighted by Crippen LogP contribution is -2.40. The van der Waals surface area contributed by atoms with Gasteiger partial charge in [0.1, 0.15) is 22.1 Å². The van der Waals surface area contributed by atoms with Crippen molar-refractivity contribution in [3.8, 4) is 6.07 Å². The summed E-state index contributed by atoms with van der Waals surface area (Å²) in [6.45, 7) is 1.61. The number of carbonyl (C=O) groups excluding carboxylic acids is 1. The summed E-state index contributed by atoms with van der Waals surface area (Å²) in [6.07, 6.45) is 1.33. The van der Waals surface area contributed by atoms with Crippen molar-refractivity contribution in [1.82, 2.24) is 4.57 Å². The first-order valence-electron chi connectivity index (χ1n) is 10.1. The minimum absolute atomic E-state index is 0.00887. The highest BCUT2D eigenvalue weighted by atomic mass is 79.9. The number of fused-ring (bicyclic) bond motifs is 1. The maximum Gasteiger partial charge on any atom is 0.338 e. The highest BCUT2D eigenvalue weighted by molar-refractivity contribution is 9.10. The quantitative estimate of drug-likeness (QED) is 0.448. The number of benzene rings is 2.